The molecule has 100 valence electrons. The van der Waals surface area contributed by atoms with E-state index in [4.69, 9.17) is 16.7 Å². The summed E-state index contributed by atoms with van der Waals surface area (Å²) in [6.45, 7) is 0.175. The number of hydrogen-bond donors (Lipinski definition) is 2. The second-order valence-corrected chi connectivity index (χ2v) is 5.07. The Morgan fingerprint density at radius 3 is 2.63 bits per heavy atom. The first-order valence-corrected chi connectivity index (χ1v) is 6.35. The Balaban J connectivity index is 1.88. The zero-order valence-electron chi connectivity index (χ0n) is 10.2. The van der Waals surface area contributed by atoms with Gasteiger partial charge >= 0.3 is 5.97 Å². The highest BCUT2D eigenvalue weighted by Crippen LogP contribution is 2.45. The van der Waals surface area contributed by atoms with Crippen molar-refractivity contribution >= 4 is 29.6 Å². The van der Waals surface area contributed by atoms with Crippen molar-refractivity contribution in [3.05, 3.63) is 40.9 Å². The number of carbonyl (C=O) groups is 2. The lowest BCUT2D eigenvalue weighted by Gasteiger charge is -2.09. The molecule has 0 atom stereocenters. The Kier molecular flexibility index (Phi) is 3.90. The highest BCUT2D eigenvalue weighted by molar-refractivity contribution is 6.32. The number of nitrogens with one attached hydrogen (secondary N) is 1. The lowest BCUT2D eigenvalue weighted by molar-refractivity contribution is -0.143. The summed E-state index contributed by atoms with van der Waals surface area (Å²) in [6, 6.07) is 7.17. The zero-order valence-corrected chi connectivity index (χ0v) is 11.0. The van der Waals surface area contributed by atoms with Gasteiger partial charge in [0.05, 0.1) is 5.41 Å². The van der Waals surface area contributed by atoms with E-state index in [9.17, 15) is 9.59 Å². The van der Waals surface area contributed by atoms with Crippen molar-refractivity contribution in [1.29, 1.82) is 0 Å². The largest absolute Gasteiger partial charge is 0.481 e. The topological polar surface area (TPSA) is 66.4 Å². The first-order valence-electron chi connectivity index (χ1n) is 5.97. The number of carboxylic acids is 1. The molecule has 5 heteroatoms. The van der Waals surface area contributed by atoms with Crippen LogP contribution in [0, 0.1) is 5.41 Å². The van der Waals surface area contributed by atoms with Gasteiger partial charge in [-0.2, -0.15) is 0 Å². The van der Waals surface area contributed by atoms with Crippen molar-refractivity contribution in [2.24, 2.45) is 5.41 Å². The molecule has 1 aliphatic carbocycles. The summed E-state index contributed by atoms with van der Waals surface area (Å²) in [7, 11) is 0. The molecule has 2 rings (SSSR count). The molecular weight excluding hydrogens is 266 g/mol. The van der Waals surface area contributed by atoms with Crippen molar-refractivity contribution in [3.63, 3.8) is 0 Å². The van der Waals surface area contributed by atoms with Gasteiger partial charge < -0.3 is 10.4 Å². The number of carboxylic acid groups (broad SMARTS) is 1. The molecule has 0 saturated heterocycles. The van der Waals surface area contributed by atoms with Crippen LogP contribution in [0.1, 0.15) is 18.4 Å². The Bertz CT molecular complexity index is 535. The molecule has 0 aliphatic heterocycles. The molecule has 2 N–H and O–H groups in total. The van der Waals surface area contributed by atoms with Gasteiger partial charge in [-0.1, -0.05) is 29.8 Å². The van der Waals surface area contributed by atoms with Crippen LogP contribution in [-0.2, 0) is 9.59 Å². The number of halogens is 1. The summed E-state index contributed by atoms with van der Waals surface area (Å²) in [6.07, 6.45) is 4.21. The molecule has 1 saturated carbocycles. The number of aliphatic carboxylic acids is 1. The monoisotopic (exact) mass is 279 g/mol. The molecule has 4 nitrogen and oxygen atoms in total. The Morgan fingerprint density at radius 2 is 2.05 bits per heavy atom. The van der Waals surface area contributed by atoms with E-state index in [1.54, 1.807) is 18.2 Å². The smallest absolute Gasteiger partial charge is 0.311 e. The van der Waals surface area contributed by atoms with Crippen LogP contribution in [0.3, 0.4) is 0 Å². The van der Waals surface area contributed by atoms with E-state index < -0.39 is 11.4 Å². The third kappa shape index (κ3) is 3.35. The Labute approximate surface area is 116 Å². The maximum Gasteiger partial charge on any atom is 0.311 e. The van der Waals surface area contributed by atoms with Gasteiger partial charge in [-0.15, -0.1) is 0 Å². The molecule has 0 radical (unpaired) electrons. The zero-order chi connectivity index (χ0) is 13.9. The molecule has 0 unspecified atom stereocenters. The second-order valence-electron chi connectivity index (χ2n) is 4.66. The van der Waals surface area contributed by atoms with Gasteiger partial charge in [0.2, 0.25) is 5.91 Å². The van der Waals surface area contributed by atoms with Crippen LogP contribution in [0.4, 0.5) is 0 Å². The van der Waals surface area contributed by atoms with Crippen LogP contribution in [-0.4, -0.2) is 23.5 Å². The number of rotatable bonds is 5. The van der Waals surface area contributed by atoms with E-state index in [-0.39, 0.29) is 12.5 Å². The van der Waals surface area contributed by atoms with Crippen LogP contribution < -0.4 is 5.32 Å². The molecule has 1 aliphatic rings. The van der Waals surface area contributed by atoms with Crippen molar-refractivity contribution < 1.29 is 14.7 Å². The van der Waals surface area contributed by atoms with Gasteiger partial charge in [-0.05, 0) is 30.5 Å². The van der Waals surface area contributed by atoms with E-state index in [0.29, 0.717) is 17.9 Å². The fraction of sp³-hybridized carbons (Fsp3) is 0.286. The second kappa shape index (κ2) is 5.45. The lowest BCUT2D eigenvalue weighted by atomic mass is 10.1. The van der Waals surface area contributed by atoms with Gasteiger partial charge in [0.1, 0.15) is 0 Å². The molecule has 1 aromatic carbocycles. The van der Waals surface area contributed by atoms with Crippen molar-refractivity contribution in [3.8, 4) is 0 Å². The van der Waals surface area contributed by atoms with Crippen molar-refractivity contribution in [1.82, 2.24) is 5.32 Å². The van der Waals surface area contributed by atoms with E-state index >= 15 is 0 Å². The van der Waals surface area contributed by atoms with Gasteiger partial charge in [0, 0.05) is 17.6 Å². The average molecular weight is 280 g/mol. The van der Waals surface area contributed by atoms with Crippen molar-refractivity contribution in [2.75, 3.05) is 6.54 Å². The van der Waals surface area contributed by atoms with Crippen LogP contribution in [0.15, 0.2) is 30.3 Å². The average Bonchev–Trinajstić information content (AvgIpc) is 3.16. The van der Waals surface area contributed by atoms with Gasteiger partial charge in [0.15, 0.2) is 0 Å². The normalized spacial score (nSPS) is 16.3. The fourth-order valence-electron chi connectivity index (χ4n) is 1.71. The molecule has 0 bridgehead atoms. The maximum atomic E-state index is 11.6. The molecule has 1 fully saturated rings. The van der Waals surface area contributed by atoms with Gasteiger partial charge in [0.25, 0.3) is 0 Å². The molecular formula is C14H14ClNO3. The van der Waals surface area contributed by atoms with Crippen LogP contribution in [0.5, 0.6) is 0 Å². The summed E-state index contributed by atoms with van der Waals surface area (Å²) < 4.78 is 0. The SMILES string of the molecule is O=C(/C=C/c1ccccc1Cl)NCC1(C(=O)O)CC1. The highest BCUT2D eigenvalue weighted by atomic mass is 35.5. The van der Waals surface area contributed by atoms with Crippen LogP contribution >= 0.6 is 11.6 Å². The van der Waals surface area contributed by atoms with Crippen LogP contribution in [0.2, 0.25) is 5.02 Å². The fourth-order valence-corrected chi connectivity index (χ4v) is 1.91. The van der Waals surface area contributed by atoms with E-state index in [1.807, 2.05) is 12.1 Å². The summed E-state index contributed by atoms with van der Waals surface area (Å²) in [5.74, 6) is -1.16. The summed E-state index contributed by atoms with van der Waals surface area (Å²) in [5, 5.41) is 12.1. The number of hydrogen-bond acceptors (Lipinski definition) is 2. The minimum Gasteiger partial charge on any atom is -0.481 e. The predicted molar refractivity (Wildman–Crippen MR) is 72.8 cm³/mol. The third-order valence-corrected chi connectivity index (χ3v) is 3.57. The minimum atomic E-state index is -0.845. The first kappa shape index (κ1) is 13.6. The summed E-state index contributed by atoms with van der Waals surface area (Å²) in [4.78, 5) is 22.5. The van der Waals surface area contributed by atoms with Crippen molar-refractivity contribution in [2.45, 2.75) is 12.8 Å². The lowest BCUT2D eigenvalue weighted by Crippen LogP contribution is -2.33. The molecule has 1 aromatic rings. The molecule has 19 heavy (non-hydrogen) atoms. The maximum absolute atomic E-state index is 11.6. The van der Waals surface area contributed by atoms with Gasteiger partial charge in [-0.3, -0.25) is 9.59 Å². The molecule has 1 amide bonds. The predicted octanol–water partition coefficient (Wildman–Crippen LogP) is 2.33. The van der Waals surface area contributed by atoms with E-state index in [2.05, 4.69) is 5.32 Å². The summed E-state index contributed by atoms with van der Waals surface area (Å²) >= 11 is 5.95. The molecule has 0 heterocycles. The molecule has 0 spiro atoms. The van der Waals surface area contributed by atoms with Crippen LogP contribution in [0.25, 0.3) is 6.08 Å². The Morgan fingerprint density at radius 1 is 1.37 bits per heavy atom. The first-order chi connectivity index (χ1) is 9.03. The van der Waals surface area contributed by atoms with Gasteiger partial charge in [-0.25, -0.2) is 0 Å². The quantitative estimate of drug-likeness (QED) is 0.813. The standard InChI is InChI=1S/C14H14ClNO3/c15-11-4-2-1-3-10(11)5-6-12(17)16-9-14(7-8-14)13(18)19/h1-6H,7-9H2,(H,16,17)(H,18,19)/b6-5+. The molecule has 0 aromatic heterocycles. The summed E-state index contributed by atoms with van der Waals surface area (Å²) in [5.41, 5.74) is 0.00661. The van der Waals surface area contributed by atoms with E-state index in [0.717, 1.165) is 5.56 Å². The highest BCUT2D eigenvalue weighted by Gasteiger charge is 2.50. The van der Waals surface area contributed by atoms with E-state index in [1.165, 1.54) is 6.08 Å². The Hall–Kier alpha value is -1.81. The number of amides is 1. The minimum absolute atomic E-state index is 0.175. The third-order valence-electron chi connectivity index (χ3n) is 3.23. The number of benzene rings is 1. The number of carbonyl (C=O) groups excluding carboxylic acids is 1.